The highest BCUT2D eigenvalue weighted by Crippen LogP contribution is 2.28. The molecule has 0 spiro atoms. The first-order valence-corrected chi connectivity index (χ1v) is 44.0. The molecule has 18 rings (SSSR count). The lowest BCUT2D eigenvalue weighted by Gasteiger charge is -2.05. The fourth-order valence-electron chi connectivity index (χ4n) is 11.2. The first-order valence-electron chi connectivity index (χ1n) is 42.0. The molecule has 0 aliphatic carbocycles. The zero-order chi connectivity index (χ0) is 103. The van der Waals surface area contributed by atoms with Crippen LogP contribution in [-0.4, -0.2) is 96.0 Å². The molecule has 0 bridgehead atoms. The smallest absolute Gasteiger partial charge is 0.223 e. The van der Waals surface area contributed by atoms with Gasteiger partial charge in [-0.05, 0) is 272 Å². The minimum atomic E-state index is -0.448. The lowest BCUT2D eigenvalue weighted by Crippen LogP contribution is -1.95. The molecule has 146 heavy (non-hydrogen) atoms. The molecule has 0 amide bonds. The van der Waals surface area contributed by atoms with E-state index in [0.29, 0.717) is 153 Å². The van der Waals surface area contributed by atoms with Gasteiger partial charge >= 0.3 is 0 Å². The maximum atomic E-state index is 13.8. The van der Waals surface area contributed by atoms with Crippen LogP contribution in [0.1, 0.15) is 101 Å². The van der Waals surface area contributed by atoms with Crippen molar-refractivity contribution >= 4 is 46.9 Å². The molecular formula is C112H65Cl2F7N20O4S. The molecule has 11 aromatic heterocycles. The number of pyridine rings is 4. The molecule has 4 N–H and O–H groups in total. The molecule has 0 atom stereocenters. The molecule has 0 unspecified atom stereocenters. The molecule has 0 aliphatic heterocycles. The number of nitrogens with zero attached hydrogens (tertiary/aromatic N) is 18. The topological polar surface area (TPSA) is 321 Å². The summed E-state index contributed by atoms with van der Waals surface area (Å²) in [7, 11) is 0. The molecule has 11 heterocycles. The Labute approximate surface area is 846 Å². The van der Waals surface area contributed by atoms with E-state index < -0.39 is 40.7 Å². The average Bonchev–Trinajstić information content (AvgIpc) is 0.865. The molecule has 18 aromatic rings. The monoisotopic (exact) mass is 1990 g/mol. The van der Waals surface area contributed by atoms with Crippen LogP contribution < -0.4 is 30.4 Å². The molecule has 706 valence electrons. The predicted molar refractivity (Wildman–Crippen MR) is 537 cm³/mol. The van der Waals surface area contributed by atoms with Crippen molar-refractivity contribution in [3.63, 3.8) is 0 Å². The number of hydrogen-bond donors (Lipinski definition) is 2. The molecular weight excluding hydrogens is 1930 g/mol. The molecule has 0 saturated heterocycles. The third kappa shape index (κ3) is 37.5. The largest absolute Gasteiger partial charge is 0.456 e. The van der Waals surface area contributed by atoms with Crippen LogP contribution in [0, 0.1) is 168 Å². The van der Waals surface area contributed by atoms with Crippen molar-refractivity contribution in [2.45, 2.75) is 12.1 Å². The third-order valence-corrected chi connectivity index (χ3v) is 18.2. The van der Waals surface area contributed by atoms with Gasteiger partial charge in [-0.2, -0.15) is 0 Å². The summed E-state index contributed by atoms with van der Waals surface area (Å²) in [5.74, 6) is 48.3. The Kier molecular flexibility index (Phi) is 39.5. The predicted octanol–water partition coefficient (Wildman–Crippen LogP) is 20.3. The Morgan fingerprint density at radius 3 is 0.815 bits per heavy atom. The van der Waals surface area contributed by atoms with Gasteiger partial charge < -0.3 is 30.4 Å². The van der Waals surface area contributed by atoms with E-state index in [1.807, 2.05) is 6.26 Å². The Bertz CT molecular complexity index is 7860. The van der Waals surface area contributed by atoms with Crippen LogP contribution >= 0.6 is 35.0 Å². The number of aromatic nitrogens is 18. The quantitative estimate of drug-likeness (QED) is 0.0587. The van der Waals surface area contributed by atoms with Crippen LogP contribution in [0.15, 0.2) is 323 Å². The maximum absolute atomic E-state index is 13.8. The third-order valence-electron chi connectivity index (χ3n) is 17.2. The zero-order valence-corrected chi connectivity index (χ0v) is 78.2. The second-order valence-electron chi connectivity index (χ2n) is 28.2. The fraction of sp³-hybridized carbons (Fsp3) is 0.0179. The Morgan fingerprint density at radius 2 is 0.527 bits per heavy atom. The van der Waals surface area contributed by atoms with Crippen molar-refractivity contribution in [2.24, 2.45) is 0 Å². The Morgan fingerprint density at radius 1 is 0.260 bits per heavy atom. The molecule has 24 nitrogen and oxygen atoms in total. The van der Waals surface area contributed by atoms with Gasteiger partial charge in [0.2, 0.25) is 28.3 Å². The normalized spacial score (nSPS) is 9.56. The first kappa shape index (κ1) is 104. The van der Waals surface area contributed by atoms with E-state index in [1.54, 1.807) is 215 Å². The molecule has 0 fully saturated rings. The highest BCUT2D eigenvalue weighted by Gasteiger charge is 2.11. The number of nitrogen functional groups attached to an aromatic ring is 2. The number of halogens is 9. The number of rotatable bonds is 9. The van der Waals surface area contributed by atoms with Crippen molar-refractivity contribution in [3.8, 4) is 166 Å². The summed E-state index contributed by atoms with van der Waals surface area (Å²) in [6.07, 6.45) is 42.7. The maximum Gasteiger partial charge on any atom is 0.223 e. The average molecular weight is 1990 g/mol. The highest BCUT2D eigenvalue weighted by atomic mass is 35.5. The lowest BCUT2D eigenvalue weighted by atomic mass is 10.1. The van der Waals surface area contributed by atoms with Crippen molar-refractivity contribution in [3.05, 3.63) is 470 Å². The minimum Gasteiger partial charge on any atom is -0.456 e. The SMILES string of the molecule is C#Cc1cc(F)cc(C#Cc2ccnc(C)n2)c1.C#Cc1cc(F)cc(C#Cc2ccnc(Cl)n2)c1.C#Cc1cc(F)cc(C#Cc2ccnc(N)n2)c1.CSc1nccc(C#Cc2cc(F)cc(Oc3cccnc3)c2)n1.Fc1cc(C#Cc2ccnc(Cl)n2)cc(Oc2cccnc2)c1.Fc1cc(C#Cc2ncccn2)cc(Oc2cccnc2)c1.Nc1nccc(C#Cc2cc(F)cc(Oc3cccnc3)c2)n1. The Hall–Kier alpha value is -20.5. The summed E-state index contributed by atoms with van der Waals surface area (Å²) in [6, 6.07) is 55.1. The van der Waals surface area contributed by atoms with Gasteiger partial charge in [-0.3, -0.25) is 19.9 Å². The summed E-state index contributed by atoms with van der Waals surface area (Å²) < 4.78 is 117. The number of thioether (sulfide) groups is 1. The van der Waals surface area contributed by atoms with Crippen molar-refractivity contribution in [2.75, 3.05) is 17.7 Å². The number of anilines is 2. The van der Waals surface area contributed by atoms with Crippen LogP contribution in [0.25, 0.3) is 0 Å². The van der Waals surface area contributed by atoms with Crippen molar-refractivity contribution in [1.29, 1.82) is 0 Å². The van der Waals surface area contributed by atoms with Gasteiger partial charge in [0.05, 0.1) is 24.8 Å². The number of terminal acetylenes is 3. The number of ether oxygens (including phenoxy) is 4. The van der Waals surface area contributed by atoms with E-state index in [1.165, 1.54) is 121 Å². The van der Waals surface area contributed by atoms with Gasteiger partial charge in [0.25, 0.3) is 0 Å². The van der Waals surface area contributed by atoms with Gasteiger partial charge in [-0.1, -0.05) is 71.0 Å². The lowest BCUT2D eigenvalue weighted by molar-refractivity contribution is 0.474. The van der Waals surface area contributed by atoms with Gasteiger partial charge in [-0.15, -0.1) is 19.3 Å². The van der Waals surface area contributed by atoms with Gasteiger partial charge in [0, 0.05) is 154 Å². The second-order valence-corrected chi connectivity index (χ2v) is 29.7. The number of aryl methyl sites for hydroxylation is 1. The number of nitrogens with two attached hydrogens (primary N) is 2. The summed E-state index contributed by atoms with van der Waals surface area (Å²) in [4.78, 5) is 71.0. The Balaban J connectivity index is 0.000000152. The fourth-order valence-corrected chi connectivity index (χ4v) is 11.9. The zero-order valence-electron chi connectivity index (χ0n) is 75.9. The summed E-state index contributed by atoms with van der Waals surface area (Å²) in [5, 5.41) is 0.864. The van der Waals surface area contributed by atoms with Crippen LogP contribution in [0.3, 0.4) is 0 Å². The van der Waals surface area contributed by atoms with Crippen LogP contribution in [-0.2, 0) is 0 Å². The van der Waals surface area contributed by atoms with Crippen LogP contribution in [0.4, 0.5) is 42.6 Å². The molecule has 0 saturated carbocycles. The van der Waals surface area contributed by atoms with Crippen molar-refractivity contribution < 1.29 is 49.7 Å². The molecule has 7 aromatic carbocycles. The molecule has 0 aliphatic rings. The second kappa shape index (κ2) is 55.2. The van der Waals surface area contributed by atoms with Gasteiger partial charge in [0.1, 0.15) is 127 Å². The van der Waals surface area contributed by atoms with E-state index in [4.69, 9.17) is 72.9 Å². The highest BCUT2D eigenvalue weighted by molar-refractivity contribution is 7.98. The standard InChI is InChI=1S/C18H12FN3OS.C17H9ClFN3O.C17H11FN4O.C17H10FN3O.C15H9FN2.C14H6ClFN2.C14H8FN3/c1-24-18-21-8-6-15(22-18)5-4-13-9-14(19)11-17(10-13)23-16-3-2-7-20-12-16;18-17-21-7-5-14(22-17)4-3-12-8-13(19)10-16(9-12)23-15-2-1-6-20-11-15;18-13-8-12(3-4-14-5-7-21-17(19)22-14)9-16(10-13)23-15-2-1-6-20-11-15;18-14-9-13(4-5-17-20-7-2-8-21-17)10-16(11-14)22-15-3-1-6-19-12-15;1-3-12-8-13(10-14(16)9-12)4-5-15-6-7-17-11(2)18-15;1-2-10-7-11(9-12(16)8-10)3-4-13-5-6-17-14(15)18-13;1-2-10-7-11(9-12(15)8-10)3-4-13-5-6-17-14(16)18-13/h2-3,6-12H,1H3;1-2,5-11H;1-2,5-11H,(H2,19,21,22);1-3,6-12H;1,6-10H,2H3;1,5-9H;1,5-9H,(H2,16,17,18). The molecule has 0 radical (unpaired) electrons. The van der Waals surface area contributed by atoms with E-state index in [0.717, 1.165) is 0 Å². The number of hydrogen-bond acceptors (Lipinski definition) is 25. The van der Waals surface area contributed by atoms with E-state index >= 15 is 0 Å². The van der Waals surface area contributed by atoms with E-state index in [2.05, 4.69) is 190 Å². The number of benzene rings is 7. The van der Waals surface area contributed by atoms with Crippen molar-refractivity contribution in [1.82, 2.24) is 89.7 Å². The van der Waals surface area contributed by atoms with Crippen LogP contribution in [0.2, 0.25) is 10.6 Å². The minimum absolute atomic E-state index is 0.108. The van der Waals surface area contributed by atoms with Crippen LogP contribution in [0.5, 0.6) is 46.0 Å². The summed E-state index contributed by atoms with van der Waals surface area (Å²) in [5.41, 5.74) is 18.7. The summed E-state index contributed by atoms with van der Waals surface area (Å²) in [6.45, 7) is 1.78. The molecule has 34 heteroatoms. The van der Waals surface area contributed by atoms with Gasteiger partial charge in [-0.25, -0.2) is 101 Å². The summed E-state index contributed by atoms with van der Waals surface area (Å²) >= 11 is 12.7. The van der Waals surface area contributed by atoms with Gasteiger partial charge in [0.15, 0.2) is 5.16 Å². The van der Waals surface area contributed by atoms with E-state index in [-0.39, 0.29) is 22.5 Å². The first-order chi connectivity index (χ1) is 70.9. The van der Waals surface area contributed by atoms with E-state index in [9.17, 15) is 30.7 Å².